The molecule has 0 bridgehead atoms. The zero-order valence-electron chi connectivity index (χ0n) is 23.3. The number of hydrogen-bond donors (Lipinski definition) is 2. The Morgan fingerprint density at radius 1 is 0.548 bits per heavy atom. The van der Waals surface area contributed by atoms with Crippen molar-refractivity contribution in [3.63, 3.8) is 0 Å². The van der Waals surface area contributed by atoms with Gasteiger partial charge in [0.1, 0.15) is 0 Å². The van der Waals surface area contributed by atoms with E-state index in [4.69, 9.17) is 10.2 Å². The molecule has 0 radical (unpaired) electrons. The molecular formula is C32H30N6O4. The van der Waals surface area contributed by atoms with E-state index >= 15 is 0 Å². The Hall–Kier alpha value is -5.38. The van der Waals surface area contributed by atoms with Gasteiger partial charge >= 0.3 is 11.9 Å². The summed E-state index contributed by atoms with van der Waals surface area (Å²) in [5.74, 6) is -1.93. The molecule has 0 aromatic heterocycles. The van der Waals surface area contributed by atoms with Crippen molar-refractivity contribution in [2.24, 2.45) is 20.5 Å². The SMILES string of the molecule is Cc1cc(C(=O)O)ccc1N=Nc1ccc(N2CCN(c3ccc(N=Nc4ccc(C(=O)O)cc4C)cc3)CC2)cc1. The van der Waals surface area contributed by atoms with Gasteiger partial charge in [-0.05, 0) is 110 Å². The molecule has 10 heteroatoms. The van der Waals surface area contributed by atoms with Crippen LogP contribution in [-0.4, -0.2) is 48.3 Å². The Morgan fingerprint density at radius 2 is 0.905 bits per heavy atom. The average Bonchev–Trinajstić information content (AvgIpc) is 3.00. The van der Waals surface area contributed by atoms with Crippen molar-refractivity contribution in [2.45, 2.75) is 13.8 Å². The average molecular weight is 563 g/mol. The number of aromatic carboxylic acids is 2. The predicted octanol–water partition coefficient (Wildman–Crippen LogP) is 7.86. The molecular weight excluding hydrogens is 532 g/mol. The van der Waals surface area contributed by atoms with E-state index in [1.54, 1.807) is 24.3 Å². The quantitative estimate of drug-likeness (QED) is 0.210. The minimum absolute atomic E-state index is 0.230. The zero-order valence-corrected chi connectivity index (χ0v) is 23.3. The maximum Gasteiger partial charge on any atom is 0.335 e. The van der Waals surface area contributed by atoms with Gasteiger partial charge in [0.05, 0.1) is 33.9 Å². The molecule has 0 spiro atoms. The van der Waals surface area contributed by atoms with Gasteiger partial charge in [-0.2, -0.15) is 20.5 Å². The number of benzene rings is 4. The normalized spacial score (nSPS) is 13.7. The molecule has 0 unspecified atom stereocenters. The van der Waals surface area contributed by atoms with Crippen LogP contribution in [0.3, 0.4) is 0 Å². The number of carboxylic acid groups (broad SMARTS) is 2. The number of carbonyl (C=O) groups is 2. The molecule has 1 fully saturated rings. The smallest absolute Gasteiger partial charge is 0.335 e. The topological polar surface area (TPSA) is 131 Å². The Kier molecular flexibility index (Phi) is 8.33. The van der Waals surface area contributed by atoms with Crippen LogP contribution in [0.1, 0.15) is 31.8 Å². The molecule has 1 saturated heterocycles. The van der Waals surface area contributed by atoms with Gasteiger partial charge in [-0.3, -0.25) is 0 Å². The number of anilines is 2. The van der Waals surface area contributed by atoms with Crippen molar-refractivity contribution in [2.75, 3.05) is 36.0 Å². The van der Waals surface area contributed by atoms with Gasteiger partial charge in [0.15, 0.2) is 0 Å². The molecule has 42 heavy (non-hydrogen) atoms. The van der Waals surface area contributed by atoms with Crippen molar-refractivity contribution in [3.05, 3.63) is 107 Å². The second-order valence-electron chi connectivity index (χ2n) is 10.0. The lowest BCUT2D eigenvalue weighted by molar-refractivity contribution is 0.0686. The Bertz CT molecular complexity index is 1530. The predicted molar refractivity (Wildman–Crippen MR) is 162 cm³/mol. The zero-order chi connectivity index (χ0) is 29.6. The minimum Gasteiger partial charge on any atom is -0.478 e. The first-order valence-electron chi connectivity index (χ1n) is 13.5. The van der Waals surface area contributed by atoms with Gasteiger partial charge in [-0.15, -0.1) is 0 Å². The maximum atomic E-state index is 11.1. The summed E-state index contributed by atoms with van der Waals surface area (Å²) in [6.45, 7) is 7.14. The summed E-state index contributed by atoms with van der Waals surface area (Å²) in [5.41, 5.74) is 6.95. The first kappa shape index (κ1) is 28.2. The molecule has 10 nitrogen and oxygen atoms in total. The molecule has 1 heterocycles. The molecule has 212 valence electrons. The standard InChI is InChI=1S/C32H30N6O4/c1-21-19-23(31(39)40)3-13-29(21)35-33-25-5-9-27(10-6-25)37-15-17-38(18-16-37)28-11-7-26(8-12-28)34-36-30-14-4-24(32(41)42)20-22(30)2/h3-14,19-20H,15-18H2,1-2H3,(H,39,40)(H,41,42). The highest BCUT2D eigenvalue weighted by Crippen LogP contribution is 2.28. The molecule has 0 atom stereocenters. The first-order valence-corrected chi connectivity index (χ1v) is 13.5. The Morgan fingerprint density at radius 3 is 1.21 bits per heavy atom. The summed E-state index contributed by atoms with van der Waals surface area (Å²) in [6, 6.07) is 25.5. The number of aryl methyl sites for hydroxylation is 2. The third kappa shape index (κ3) is 6.67. The van der Waals surface area contributed by atoms with Crippen LogP contribution in [0.25, 0.3) is 0 Å². The van der Waals surface area contributed by atoms with Crippen molar-refractivity contribution >= 4 is 46.1 Å². The number of piperazine rings is 1. The fraction of sp³-hybridized carbons (Fsp3) is 0.188. The summed E-state index contributed by atoms with van der Waals surface area (Å²) in [6.07, 6.45) is 0. The van der Waals surface area contributed by atoms with E-state index in [0.717, 1.165) is 60.1 Å². The number of azo groups is 2. The largest absolute Gasteiger partial charge is 0.478 e. The second-order valence-corrected chi connectivity index (χ2v) is 10.0. The second kappa shape index (κ2) is 12.4. The number of carboxylic acids is 2. The van der Waals surface area contributed by atoms with E-state index in [1.165, 1.54) is 12.1 Å². The van der Waals surface area contributed by atoms with Gasteiger partial charge in [0.2, 0.25) is 0 Å². The number of nitrogens with zero attached hydrogens (tertiary/aromatic N) is 6. The first-order chi connectivity index (χ1) is 20.3. The van der Waals surface area contributed by atoms with E-state index in [0.29, 0.717) is 11.4 Å². The molecule has 1 aliphatic rings. The molecule has 5 rings (SSSR count). The van der Waals surface area contributed by atoms with Crippen LogP contribution in [0, 0.1) is 13.8 Å². The highest BCUT2D eigenvalue weighted by Gasteiger charge is 2.17. The summed E-state index contributed by atoms with van der Waals surface area (Å²) in [7, 11) is 0. The third-order valence-corrected chi connectivity index (χ3v) is 7.14. The van der Waals surface area contributed by atoms with Gasteiger partial charge in [-0.1, -0.05) is 0 Å². The molecule has 4 aromatic rings. The lowest BCUT2D eigenvalue weighted by Crippen LogP contribution is -2.46. The van der Waals surface area contributed by atoms with Crippen molar-refractivity contribution in [1.82, 2.24) is 0 Å². The van der Waals surface area contributed by atoms with E-state index in [9.17, 15) is 9.59 Å². The fourth-order valence-corrected chi connectivity index (χ4v) is 4.71. The van der Waals surface area contributed by atoms with Gasteiger partial charge in [0, 0.05) is 37.6 Å². The molecule has 2 N–H and O–H groups in total. The van der Waals surface area contributed by atoms with Crippen LogP contribution in [0.4, 0.5) is 34.1 Å². The monoisotopic (exact) mass is 562 g/mol. The van der Waals surface area contributed by atoms with Crippen molar-refractivity contribution in [3.8, 4) is 0 Å². The maximum absolute atomic E-state index is 11.1. The Balaban J connectivity index is 1.14. The van der Waals surface area contributed by atoms with Crippen molar-refractivity contribution < 1.29 is 19.8 Å². The number of hydrogen-bond acceptors (Lipinski definition) is 8. The lowest BCUT2D eigenvalue weighted by atomic mass is 10.1. The highest BCUT2D eigenvalue weighted by molar-refractivity contribution is 5.89. The lowest BCUT2D eigenvalue weighted by Gasteiger charge is -2.37. The van der Waals surface area contributed by atoms with Crippen LogP contribution in [0.15, 0.2) is 105 Å². The van der Waals surface area contributed by atoms with Crippen LogP contribution in [0.5, 0.6) is 0 Å². The van der Waals surface area contributed by atoms with Crippen LogP contribution < -0.4 is 9.80 Å². The van der Waals surface area contributed by atoms with Gasteiger partial charge in [0.25, 0.3) is 0 Å². The molecule has 0 aliphatic carbocycles. The summed E-state index contributed by atoms with van der Waals surface area (Å²) < 4.78 is 0. The molecule has 1 aliphatic heterocycles. The van der Waals surface area contributed by atoms with E-state index in [1.807, 2.05) is 62.4 Å². The van der Waals surface area contributed by atoms with E-state index in [2.05, 4.69) is 30.3 Å². The molecule has 0 amide bonds. The molecule has 0 saturated carbocycles. The number of rotatable bonds is 8. The molecule has 4 aromatic carbocycles. The minimum atomic E-state index is -0.964. The highest BCUT2D eigenvalue weighted by atomic mass is 16.4. The third-order valence-electron chi connectivity index (χ3n) is 7.14. The van der Waals surface area contributed by atoms with Crippen LogP contribution >= 0.6 is 0 Å². The fourth-order valence-electron chi connectivity index (χ4n) is 4.71. The van der Waals surface area contributed by atoms with Crippen molar-refractivity contribution in [1.29, 1.82) is 0 Å². The van der Waals surface area contributed by atoms with Gasteiger partial charge < -0.3 is 20.0 Å². The van der Waals surface area contributed by atoms with Crippen LogP contribution in [-0.2, 0) is 0 Å². The van der Waals surface area contributed by atoms with Crippen LogP contribution in [0.2, 0.25) is 0 Å². The van der Waals surface area contributed by atoms with E-state index < -0.39 is 11.9 Å². The van der Waals surface area contributed by atoms with Gasteiger partial charge in [-0.25, -0.2) is 9.59 Å². The summed E-state index contributed by atoms with van der Waals surface area (Å²) in [4.78, 5) is 26.9. The Labute approximate surface area is 243 Å². The van der Waals surface area contributed by atoms with E-state index in [-0.39, 0.29) is 11.1 Å². The summed E-state index contributed by atoms with van der Waals surface area (Å²) >= 11 is 0. The summed E-state index contributed by atoms with van der Waals surface area (Å²) in [5, 5.41) is 35.4.